The molecule has 1 aromatic carbocycles. The van der Waals surface area contributed by atoms with Crippen molar-refractivity contribution in [2.45, 2.75) is 25.3 Å². The number of aryl methyl sites for hydroxylation is 1. The van der Waals surface area contributed by atoms with Crippen LogP contribution in [0.15, 0.2) is 18.2 Å². The summed E-state index contributed by atoms with van der Waals surface area (Å²) in [6.45, 7) is 2.81. The van der Waals surface area contributed by atoms with E-state index >= 15 is 0 Å². The molecule has 2 rings (SSSR count). The molecule has 4 heteroatoms. The van der Waals surface area contributed by atoms with Crippen molar-refractivity contribution in [1.29, 1.82) is 0 Å². The molecule has 1 aliphatic rings. The predicted molar refractivity (Wildman–Crippen MR) is 60.8 cm³/mol. The second-order valence-electron chi connectivity index (χ2n) is 4.16. The number of rotatable bonds is 2. The molecule has 0 radical (unpaired) electrons. The van der Waals surface area contributed by atoms with E-state index in [1.54, 1.807) is 24.0 Å². The Morgan fingerprint density at radius 1 is 1.56 bits per heavy atom. The molecule has 2 nitrogen and oxygen atoms in total. The SMILES string of the molecule is Cc1cc(CN2CC(Cl)CC2=O)ccc1F. The van der Waals surface area contributed by atoms with Crippen LogP contribution in [0.5, 0.6) is 0 Å². The molecule has 0 aromatic heterocycles. The summed E-state index contributed by atoms with van der Waals surface area (Å²) in [4.78, 5) is 13.2. The summed E-state index contributed by atoms with van der Waals surface area (Å²) in [6, 6.07) is 4.91. The van der Waals surface area contributed by atoms with Crippen LogP contribution in [0, 0.1) is 12.7 Å². The van der Waals surface area contributed by atoms with E-state index in [1.165, 1.54) is 6.07 Å². The highest BCUT2D eigenvalue weighted by molar-refractivity contribution is 6.22. The normalized spacial score (nSPS) is 20.6. The van der Waals surface area contributed by atoms with Gasteiger partial charge in [-0.25, -0.2) is 4.39 Å². The lowest BCUT2D eigenvalue weighted by Gasteiger charge is -2.16. The van der Waals surface area contributed by atoms with Crippen LogP contribution >= 0.6 is 11.6 Å². The number of carbonyl (C=O) groups is 1. The lowest BCUT2D eigenvalue weighted by Crippen LogP contribution is -2.24. The standard InChI is InChI=1S/C12H13ClFNO/c1-8-4-9(2-3-11(8)14)6-15-7-10(13)5-12(15)16/h2-4,10H,5-7H2,1H3. The first-order valence-corrected chi connectivity index (χ1v) is 5.67. The number of halogens is 2. The van der Waals surface area contributed by atoms with Crippen molar-refractivity contribution in [2.24, 2.45) is 0 Å². The van der Waals surface area contributed by atoms with E-state index in [9.17, 15) is 9.18 Å². The van der Waals surface area contributed by atoms with Crippen molar-refractivity contribution < 1.29 is 9.18 Å². The zero-order valence-electron chi connectivity index (χ0n) is 9.04. The molecule has 0 aliphatic carbocycles. The Kier molecular flexibility index (Phi) is 3.15. The van der Waals surface area contributed by atoms with Crippen LogP contribution in [-0.2, 0) is 11.3 Å². The van der Waals surface area contributed by atoms with E-state index in [2.05, 4.69) is 0 Å². The number of hydrogen-bond donors (Lipinski definition) is 0. The first-order chi connectivity index (χ1) is 7.56. The molecule has 1 fully saturated rings. The number of amides is 1. The third-order valence-corrected chi connectivity index (χ3v) is 3.06. The zero-order valence-corrected chi connectivity index (χ0v) is 9.80. The van der Waals surface area contributed by atoms with Gasteiger partial charge >= 0.3 is 0 Å². The minimum atomic E-state index is -0.216. The van der Waals surface area contributed by atoms with Gasteiger partial charge in [-0.15, -0.1) is 11.6 Å². The second-order valence-corrected chi connectivity index (χ2v) is 4.78. The molecule has 1 heterocycles. The van der Waals surface area contributed by atoms with E-state index in [0.717, 1.165) is 5.56 Å². The van der Waals surface area contributed by atoms with Gasteiger partial charge in [0.2, 0.25) is 5.91 Å². The van der Waals surface area contributed by atoms with Crippen molar-refractivity contribution in [2.75, 3.05) is 6.54 Å². The average molecular weight is 242 g/mol. The third-order valence-electron chi connectivity index (χ3n) is 2.76. The third kappa shape index (κ3) is 2.35. The highest BCUT2D eigenvalue weighted by Gasteiger charge is 2.27. The summed E-state index contributed by atoms with van der Waals surface area (Å²) < 4.78 is 13.0. The number of benzene rings is 1. The van der Waals surface area contributed by atoms with Gasteiger partial charge in [0.1, 0.15) is 5.82 Å². The molecule has 0 saturated carbocycles. The lowest BCUT2D eigenvalue weighted by atomic mass is 10.1. The topological polar surface area (TPSA) is 20.3 Å². The van der Waals surface area contributed by atoms with E-state index in [-0.39, 0.29) is 17.1 Å². The minimum Gasteiger partial charge on any atom is -0.337 e. The summed E-state index contributed by atoms with van der Waals surface area (Å²) >= 11 is 5.90. The largest absolute Gasteiger partial charge is 0.337 e. The smallest absolute Gasteiger partial charge is 0.224 e. The van der Waals surface area contributed by atoms with Gasteiger partial charge in [0.25, 0.3) is 0 Å². The molecule has 1 aliphatic heterocycles. The van der Waals surface area contributed by atoms with Gasteiger partial charge in [-0.05, 0) is 24.1 Å². The van der Waals surface area contributed by atoms with Gasteiger partial charge in [0.15, 0.2) is 0 Å². The van der Waals surface area contributed by atoms with E-state index < -0.39 is 0 Å². The monoisotopic (exact) mass is 241 g/mol. The van der Waals surface area contributed by atoms with Crippen LogP contribution in [0.1, 0.15) is 17.5 Å². The molecular formula is C12H13ClFNO. The fourth-order valence-electron chi connectivity index (χ4n) is 1.90. The Hall–Kier alpha value is -1.09. The van der Waals surface area contributed by atoms with Gasteiger partial charge in [0.05, 0.1) is 5.38 Å². The van der Waals surface area contributed by atoms with Crippen molar-refractivity contribution >= 4 is 17.5 Å². The van der Waals surface area contributed by atoms with Gasteiger partial charge in [-0.1, -0.05) is 12.1 Å². The van der Waals surface area contributed by atoms with Crippen LogP contribution < -0.4 is 0 Å². The first-order valence-electron chi connectivity index (χ1n) is 5.23. The Morgan fingerprint density at radius 3 is 2.88 bits per heavy atom. The number of nitrogens with zero attached hydrogens (tertiary/aromatic N) is 1. The molecule has 0 spiro atoms. The van der Waals surface area contributed by atoms with Gasteiger partial charge in [-0.3, -0.25) is 4.79 Å². The van der Waals surface area contributed by atoms with Crippen LogP contribution in [0.3, 0.4) is 0 Å². The molecule has 16 heavy (non-hydrogen) atoms. The van der Waals surface area contributed by atoms with E-state index in [0.29, 0.717) is 25.1 Å². The summed E-state index contributed by atoms with van der Waals surface area (Å²) in [6.07, 6.45) is 0.404. The van der Waals surface area contributed by atoms with Gasteiger partial charge < -0.3 is 4.90 Å². The molecule has 1 atom stereocenters. The fraction of sp³-hybridized carbons (Fsp3) is 0.417. The van der Waals surface area contributed by atoms with Crippen LogP contribution in [0.4, 0.5) is 4.39 Å². The Bertz CT molecular complexity index is 421. The molecule has 86 valence electrons. The second kappa shape index (κ2) is 4.42. The summed E-state index contributed by atoms with van der Waals surface area (Å²) in [5.74, 6) is -0.145. The zero-order chi connectivity index (χ0) is 11.7. The number of carbonyl (C=O) groups excluding carboxylic acids is 1. The van der Waals surface area contributed by atoms with Gasteiger partial charge in [-0.2, -0.15) is 0 Å². The number of hydrogen-bond acceptors (Lipinski definition) is 1. The average Bonchev–Trinajstić information content (AvgIpc) is 2.51. The highest BCUT2D eigenvalue weighted by Crippen LogP contribution is 2.19. The fourth-order valence-corrected chi connectivity index (χ4v) is 2.20. The first kappa shape index (κ1) is 11.4. The molecular weight excluding hydrogens is 229 g/mol. The highest BCUT2D eigenvalue weighted by atomic mass is 35.5. The lowest BCUT2D eigenvalue weighted by molar-refractivity contribution is -0.128. The Balaban J connectivity index is 2.09. The van der Waals surface area contributed by atoms with Crippen molar-refractivity contribution in [3.63, 3.8) is 0 Å². The van der Waals surface area contributed by atoms with E-state index in [4.69, 9.17) is 11.6 Å². The van der Waals surface area contributed by atoms with Crippen molar-refractivity contribution in [1.82, 2.24) is 4.90 Å². The van der Waals surface area contributed by atoms with Crippen LogP contribution in [0.25, 0.3) is 0 Å². The van der Waals surface area contributed by atoms with E-state index in [1.807, 2.05) is 0 Å². The van der Waals surface area contributed by atoms with Crippen LogP contribution in [0.2, 0.25) is 0 Å². The summed E-state index contributed by atoms with van der Waals surface area (Å²) in [5.41, 5.74) is 1.55. The predicted octanol–water partition coefficient (Wildman–Crippen LogP) is 2.47. The summed E-state index contributed by atoms with van der Waals surface area (Å²) in [5, 5.41) is -0.0888. The molecule has 1 saturated heterocycles. The Morgan fingerprint density at radius 2 is 2.31 bits per heavy atom. The molecule has 1 aromatic rings. The maximum absolute atomic E-state index is 13.0. The maximum Gasteiger partial charge on any atom is 0.224 e. The van der Waals surface area contributed by atoms with Gasteiger partial charge in [0, 0.05) is 19.5 Å². The molecule has 1 unspecified atom stereocenters. The number of likely N-dealkylation sites (tertiary alicyclic amines) is 1. The summed E-state index contributed by atoms with van der Waals surface area (Å²) in [7, 11) is 0. The quantitative estimate of drug-likeness (QED) is 0.729. The van der Waals surface area contributed by atoms with Crippen molar-refractivity contribution in [3.8, 4) is 0 Å². The molecule has 0 N–H and O–H groups in total. The van der Waals surface area contributed by atoms with Crippen molar-refractivity contribution in [3.05, 3.63) is 35.1 Å². The van der Waals surface area contributed by atoms with Crippen LogP contribution in [-0.4, -0.2) is 22.7 Å². The molecule has 0 bridgehead atoms. The minimum absolute atomic E-state index is 0.0713. The maximum atomic E-state index is 13.0. The molecule has 1 amide bonds. The number of alkyl halides is 1. The Labute approximate surface area is 99.0 Å².